The van der Waals surface area contributed by atoms with E-state index in [1.165, 1.54) is 0 Å². The van der Waals surface area contributed by atoms with Crippen LogP contribution in [0.2, 0.25) is 0 Å². The van der Waals surface area contributed by atoms with Crippen LogP contribution < -0.4 is 20.5 Å². The molecule has 0 aliphatic carbocycles. The fourth-order valence-corrected chi connectivity index (χ4v) is 4.73. The average molecular weight is 545 g/mol. The minimum Gasteiger partial charge on any atom is -0.324 e. The molecule has 204 valence electrons. The van der Waals surface area contributed by atoms with Crippen molar-refractivity contribution in [3.05, 3.63) is 102 Å². The quantitative estimate of drug-likeness (QED) is 0.247. The average Bonchev–Trinajstić information content (AvgIpc) is 3.40. The molecular formula is C31H30N9O+. The van der Waals surface area contributed by atoms with Crippen LogP contribution in [0.15, 0.2) is 96.3 Å². The van der Waals surface area contributed by atoms with Gasteiger partial charge in [-0.1, -0.05) is 17.2 Å². The SMILES string of the molecule is Cc1ccc(NC(=O)NC2=CC=N[N+]2(c2cccc(C#N)c2)C(C)(C)C)cc1Nc1nccc(-c2cccnc2)n1. The second kappa shape index (κ2) is 11.0. The fourth-order valence-electron chi connectivity index (χ4n) is 4.73. The van der Waals surface area contributed by atoms with E-state index in [4.69, 9.17) is 5.10 Å². The summed E-state index contributed by atoms with van der Waals surface area (Å²) in [7, 11) is 0. The molecule has 3 N–H and O–H groups in total. The zero-order valence-corrected chi connectivity index (χ0v) is 23.3. The molecule has 0 bridgehead atoms. The van der Waals surface area contributed by atoms with Gasteiger partial charge in [0.15, 0.2) is 5.69 Å². The van der Waals surface area contributed by atoms with Crippen LogP contribution in [0.4, 0.5) is 27.8 Å². The molecule has 2 aromatic carbocycles. The van der Waals surface area contributed by atoms with Crippen LogP contribution >= 0.6 is 0 Å². The first-order chi connectivity index (χ1) is 19.7. The second-order valence-electron chi connectivity index (χ2n) is 10.5. The summed E-state index contributed by atoms with van der Waals surface area (Å²) in [5.74, 6) is 0.993. The zero-order chi connectivity index (χ0) is 29.0. The highest BCUT2D eigenvalue weighted by atomic mass is 16.2. The number of nitriles is 1. The third kappa shape index (κ3) is 5.52. The van der Waals surface area contributed by atoms with E-state index in [1.54, 1.807) is 43.0 Å². The normalized spacial score (nSPS) is 16.0. The Morgan fingerprint density at radius 1 is 1.00 bits per heavy atom. The number of pyridine rings is 1. The molecule has 41 heavy (non-hydrogen) atoms. The summed E-state index contributed by atoms with van der Waals surface area (Å²) in [6.07, 6.45) is 8.60. The lowest BCUT2D eigenvalue weighted by Crippen LogP contribution is -2.59. The first-order valence-electron chi connectivity index (χ1n) is 13.0. The smallest absolute Gasteiger partial charge is 0.324 e. The molecule has 0 saturated heterocycles. The molecule has 0 saturated carbocycles. The number of hydrogen-bond acceptors (Lipinski definition) is 7. The van der Waals surface area contributed by atoms with Gasteiger partial charge in [-0.25, -0.2) is 14.8 Å². The van der Waals surface area contributed by atoms with Gasteiger partial charge in [-0.05, 0) is 69.7 Å². The maximum Gasteiger partial charge on any atom is 0.327 e. The van der Waals surface area contributed by atoms with Crippen molar-refractivity contribution in [2.45, 2.75) is 33.2 Å². The van der Waals surface area contributed by atoms with Crippen LogP contribution in [-0.4, -0.2) is 32.7 Å². The minimum absolute atomic E-state index is 0.00125. The molecule has 1 unspecified atom stereocenters. The largest absolute Gasteiger partial charge is 0.327 e. The molecular weight excluding hydrogens is 514 g/mol. The lowest BCUT2D eigenvalue weighted by Gasteiger charge is -2.41. The molecule has 0 spiro atoms. The van der Waals surface area contributed by atoms with Gasteiger partial charge in [0.1, 0.15) is 5.54 Å². The number of aromatic nitrogens is 3. The summed E-state index contributed by atoms with van der Waals surface area (Å²) in [5.41, 5.74) is 4.74. The third-order valence-corrected chi connectivity index (χ3v) is 6.74. The molecule has 2 aromatic heterocycles. The number of benzene rings is 2. The van der Waals surface area contributed by atoms with Crippen molar-refractivity contribution in [2.24, 2.45) is 5.10 Å². The summed E-state index contributed by atoms with van der Waals surface area (Å²) in [4.78, 5) is 26.4. The molecule has 3 heterocycles. The van der Waals surface area contributed by atoms with Crippen LogP contribution in [0, 0.1) is 18.3 Å². The number of hydrogen-bond donors (Lipinski definition) is 3. The van der Waals surface area contributed by atoms with E-state index >= 15 is 0 Å². The van der Waals surface area contributed by atoms with Crippen molar-refractivity contribution in [2.75, 3.05) is 10.6 Å². The van der Waals surface area contributed by atoms with E-state index < -0.39 is 11.6 Å². The number of anilines is 3. The Labute approximate surface area is 238 Å². The van der Waals surface area contributed by atoms with Crippen molar-refractivity contribution >= 4 is 35.3 Å². The Kier molecular flexibility index (Phi) is 7.29. The Morgan fingerprint density at radius 3 is 2.61 bits per heavy atom. The molecule has 10 nitrogen and oxygen atoms in total. The van der Waals surface area contributed by atoms with Gasteiger partial charge >= 0.3 is 6.03 Å². The van der Waals surface area contributed by atoms with Crippen LogP contribution in [0.1, 0.15) is 31.9 Å². The van der Waals surface area contributed by atoms with Crippen LogP contribution in [0.25, 0.3) is 11.3 Å². The molecule has 1 aliphatic rings. The molecule has 2 amide bonds. The zero-order valence-electron chi connectivity index (χ0n) is 23.3. The molecule has 1 atom stereocenters. The topological polar surface area (TPSA) is 128 Å². The monoisotopic (exact) mass is 544 g/mol. The second-order valence-corrected chi connectivity index (χ2v) is 10.5. The highest BCUT2D eigenvalue weighted by molar-refractivity contribution is 5.93. The molecule has 5 rings (SSSR count). The first-order valence-corrected chi connectivity index (χ1v) is 13.0. The summed E-state index contributed by atoms with van der Waals surface area (Å²) in [6, 6.07) is 20.2. The van der Waals surface area contributed by atoms with Crippen molar-refractivity contribution in [3.8, 4) is 17.3 Å². The number of quaternary nitrogens is 1. The maximum absolute atomic E-state index is 13.3. The van der Waals surface area contributed by atoms with Gasteiger partial charge in [0, 0.05) is 53.7 Å². The van der Waals surface area contributed by atoms with Crippen LogP contribution in [0.5, 0.6) is 0 Å². The van der Waals surface area contributed by atoms with Crippen LogP contribution in [-0.2, 0) is 0 Å². The Balaban J connectivity index is 1.35. The predicted molar refractivity (Wildman–Crippen MR) is 161 cm³/mol. The van der Waals surface area contributed by atoms with Crippen molar-refractivity contribution in [1.29, 1.82) is 5.26 Å². The molecule has 0 radical (unpaired) electrons. The summed E-state index contributed by atoms with van der Waals surface area (Å²) in [5, 5.41) is 23.4. The lowest BCUT2D eigenvalue weighted by molar-refractivity contribution is 0.187. The first kappa shape index (κ1) is 27.2. The molecule has 0 fully saturated rings. The number of aryl methyl sites for hydroxylation is 1. The van der Waals surface area contributed by atoms with E-state index in [9.17, 15) is 10.1 Å². The van der Waals surface area contributed by atoms with Crippen molar-refractivity contribution < 1.29 is 4.79 Å². The van der Waals surface area contributed by atoms with E-state index in [1.807, 2.05) is 76.2 Å². The molecule has 10 heteroatoms. The number of urea groups is 1. The molecule has 1 aliphatic heterocycles. The number of rotatable bonds is 6. The van der Waals surface area contributed by atoms with Gasteiger partial charge in [0.25, 0.3) is 0 Å². The lowest BCUT2D eigenvalue weighted by atomic mass is 10.0. The van der Waals surface area contributed by atoms with E-state index in [0.717, 1.165) is 28.2 Å². The summed E-state index contributed by atoms with van der Waals surface area (Å²) in [6.45, 7) is 8.06. The summed E-state index contributed by atoms with van der Waals surface area (Å²) >= 11 is 0. The standard InChI is InChI=1S/C31H29N9O/c1-21-10-11-24(18-27(21)38-29-34-15-12-26(37-29)23-8-6-14-33-20-23)36-30(41)39-28-13-16-35-40(28,31(2,3)4)25-9-5-7-22(17-25)19-32/h5-18,20H,1-4H3,(H2-,34,35,36,37,38,39,41)/p+1. The third-order valence-electron chi connectivity index (χ3n) is 6.74. The highest BCUT2D eigenvalue weighted by Crippen LogP contribution is 2.40. The Morgan fingerprint density at radius 2 is 1.85 bits per heavy atom. The van der Waals surface area contributed by atoms with E-state index in [2.05, 4.69) is 37.0 Å². The Hall–Kier alpha value is -5.40. The van der Waals surface area contributed by atoms with Gasteiger partial charge in [-0.2, -0.15) is 5.26 Å². The van der Waals surface area contributed by atoms with Gasteiger partial charge in [0.05, 0.1) is 23.5 Å². The minimum atomic E-state index is -0.467. The summed E-state index contributed by atoms with van der Waals surface area (Å²) < 4.78 is 0.00125. The maximum atomic E-state index is 13.3. The van der Waals surface area contributed by atoms with Crippen molar-refractivity contribution in [1.82, 2.24) is 24.9 Å². The van der Waals surface area contributed by atoms with Crippen LogP contribution in [0.3, 0.4) is 0 Å². The number of allylic oxidation sites excluding steroid dienone is 1. The van der Waals surface area contributed by atoms with E-state index in [-0.39, 0.29) is 4.59 Å². The number of carbonyl (C=O) groups excluding carboxylic acids is 1. The van der Waals surface area contributed by atoms with Gasteiger partial charge in [-0.15, -0.1) is 4.59 Å². The van der Waals surface area contributed by atoms with Gasteiger partial charge in [-0.3, -0.25) is 10.3 Å². The fraction of sp³-hybridized carbons (Fsp3) is 0.161. The number of nitrogens with zero attached hydrogens (tertiary/aromatic N) is 6. The Bertz CT molecular complexity index is 1700. The number of amides is 2. The highest BCUT2D eigenvalue weighted by Gasteiger charge is 2.50. The van der Waals surface area contributed by atoms with Gasteiger partial charge in [0.2, 0.25) is 11.8 Å². The van der Waals surface area contributed by atoms with Gasteiger partial charge < -0.3 is 10.6 Å². The van der Waals surface area contributed by atoms with Crippen molar-refractivity contribution in [3.63, 3.8) is 0 Å². The van der Waals surface area contributed by atoms with E-state index in [0.29, 0.717) is 23.0 Å². The predicted octanol–water partition coefficient (Wildman–Crippen LogP) is 6.23. The molecule has 4 aromatic rings. The number of carbonyl (C=O) groups is 1. The number of nitrogens with one attached hydrogen (secondary N) is 3.